The topological polar surface area (TPSA) is 24.9 Å². The number of rotatable bonds is 1. The monoisotopic (exact) mass is 292 g/mol. The normalized spacial score (nSPS) is 28.4. The van der Waals surface area contributed by atoms with Crippen molar-refractivity contribution in [2.24, 2.45) is 11.8 Å². The van der Waals surface area contributed by atoms with Gasteiger partial charge in [-0.1, -0.05) is 12.1 Å². The van der Waals surface area contributed by atoms with Crippen LogP contribution in [0.1, 0.15) is 24.8 Å². The van der Waals surface area contributed by atoms with Crippen LogP contribution in [-0.2, 0) is 0 Å². The van der Waals surface area contributed by atoms with Gasteiger partial charge in [0.1, 0.15) is 4.60 Å². The van der Waals surface area contributed by atoms with Crippen molar-refractivity contribution >= 4 is 21.5 Å². The number of allylic oxidation sites excluding steroid dienone is 1. The first-order valence-corrected chi connectivity index (χ1v) is 7.16. The lowest BCUT2D eigenvalue weighted by Gasteiger charge is -2.37. The maximum atomic E-state index is 4.35. The van der Waals surface area contributed by atoms with E-state index in [2.05, 4.69) is 38.4 Å². The Balaban J connectivity index is 1.90. The van der Waals surface area contributed by atoms with Crippen molar-refractivity contribution in [1.29, 1.82) is 0 Å². The van der Waals surface area contributed by atoms with Crippen LogP contribution in [-0.4, -0.2) is 18.1 Å². The largest absolute Gasteiger partial charge is 0.316 e. The lowest BCUT2D eigenvalue weighted by Crippen LogP contribution is -2.38. The summed E-state index contributed by atoms with van der Waals surface area (Å²) in [5, 5.41) is 3.52. The molecule has 2 heterocycles. The second kappa shape index (κ2) is 4.91. The van der Waals surface area contributed by atoms with Crippen LogP contribution in [0.3, 0.4) is 0 Å². The standard InChI is InChI=1S/C14H17BrN2/c15-14-5-4-11(8-17-14)12-3-1-2-10-6-7-16-9-13(10)12/h3-5,8,10,13,16H,1-2,6-7,9H2. The minimum Gasteiger partial charge on any atom is -0.316 e. The van der Waals surface area contributed by atoms with Gasteiger partial charge in [-0.2, -0.15) is 0 Å². The van der Waals surface area contributed by atoms with Gasteiger partial charge in [-0.3, -0.25) is 0 Å². The predicted octanol–water partition coefficient (Wildman–Crippen LogP) is 3.25. The van der Waals surface area contributed by atoms with Crippen LogP contribution in [0.4, 0.5) is 0 Å². The van der Waals surface area contributed by atoms with Crippen LogP contribution in [0.15, 0.2) is 29.0 Å². The summed E-state index contributed by atoms with van der Waals surface area (Å²) in [5.41, 5.74) is 2.81. The fourth-order valence-corrected chi connectivity index (χ4v) is 3.34. The average Bonchev–Trinajstić information content (AvgIpc) is 2.39. The van der Waals surface area contributed by atoms with E-state index in [9.17, 15) is 0 Å². The number of pyridine rings is 1. The third kappa shape index (κ3) is 2.31. The molecule has 0 bridgehead atoms. The highest BCUT2D eigenvalue weighted by Crippen LogP contribution is 2.39. The minimum atomic E-state index is 0.695. The molecule has 1 aliphatic heterocycles. The Morgan fingerprint density at radius 1 is 1.29 bits per heavy atom. The maximum absolute atomic E-state index is 4.35. The Morgan fingerprint density at radius 3 is 3.06 bits per heavy atom. The van der Waals surface area contributed by atoms with Gasteiger partial charge in [-0.25, -0.2) is 4.98 Å². The molecule has 2 atom stereocenters. The van der Waals surface area contributed by atoms with Crippen molar-refractivity contribution < 1.29 is 0 Å². The minimum absolute atomic E-state index is 0.695. The van der Waals surface area contributed by atoms with Gasteiger partial charge >= 0.3 is 0 Å². The third-order valence-corrected chi connectivity index (χ3v) is 4.46. The molecule has 1 aromatic heterocycles. The number of halogens is 1. The molecule has 0 spiro atoms. The number of nitrogens with one attached hydrogen (secondary N) is 1. The number of piperidine rings is 1. The van der Waals surface area contributed by atoms with Crippen molar-refractivity contribution in [2.45, 2.75) is 19.3 Å². The van der Waals surface area contributed by atoms with Gasteiger partial charge in [0.25, 0.3) is 0 Å². The first-order valence-electron chi connectivity index (χ1n) is 6.37. The summed E-state index contributed by atoms with van der Waals surface area (Å²) in [6.07, 6.45) is 8.32. The molecule has 3 heteroatoms. The summed E-state index contributed by atoms with van der Waals surface area (Å²) in [6.45, 7) is 2.32. The Labute approximate surface area is 111 Å². The molecular weight excluding hydrogens is 276 g/mol. The van der Waals surface area contributed by atoms with Gasteiger partial charge in [-0.15, -0.1) is 0 Å². The third-order valence-electron chi connectivity index (χ3n) is 3.99. The highest BCUT2D eigenvalue weighted by molar-refractivity contribution is 9.10. The summed E-state index contributed by atoms with van der Waals surface area (Å²) in [5.74, 6) is 1.57. The molecule has 0 radical (unpaired) electrons. The molecule has 17 heavy (non-hydrogen) atoms. The number of hydrogen-bond acceptors (Lipinski definition) is 2. The molecule has 1 N–H and O–H groups in total. The SMILES string of the molecule is Brc1ccc(C2=CCCC3CCNCC23)cn1. The Hall–Kier alpha value is -0.670. The number of hydrogen-bond donors (Lipinski definition) is 1. The summed E-state index contributed by atoms with van der Waals surface area (Å²) in [7, 11) is 0. The molecule has 90 valence electrons. The molecule has 2 nitrogen and oxygen atoms in total. The maximum Gasteiger partial charge on any atom is 0.106 e. The van der Waals surface area contributed by atoms with E-state index in [4.69, 9.17) is 0 Å². The summed E-state index contributed by atoms with van der Waals surface area (Å²) >= 11 is 3.40. The molecule has 0 saturated carbocycles. The summed E-state index contributed by atoms with van der Waals surface area (Å²) in [6, 6.07) is 4.22. The Kier molecular flexibility index (Phi) is 3.30. The molecule has 0 amide bonds. The van der Waals surface area contributed by atoms with Gasteiger partial charge in [0.05, 0.1) is 0 Å². The van der Waals surface area contributed by atoms with E-state index in [0.717, 1.165) is 17.1 Å². The predicted molar refractivity (Wildman–Crippen MR) is 73.6 cm³/mol. The Morgan fingerprint density at radius 2 is 2.24 bits per heavy atom. The van der Waals surface area contributed by atoms with Crippen LogP contribution in [0.2, 0.25) is 0 Å². The van der Waals surface area contributed by atoms with E-state index in [-0.39, 0.29) is 0 Å². The van der Waals surface area contributed by atoms with Crippen molar-refractivity contribution in [1.82, 2.24) is 10.3 Å². The molecule has 3 rings (SSSR count). The van der Waals surface area contributed by atoms with Crippen LogP contribution >= 0.6 is 15.9 Å². The van der Waals surface area contributed by atoms with Gasteiger partial charge < -0.3 is 5.32 Å². The van der Waals surface area contributed by atoms with Crippen LogP contribution in [0.25, 0.3) is 5.57 Å². The fraction of sp³-hybridized carbons (Fsp3) is 0.500. The fourth-order valence-electron chi connectivity index (χ4n) is 3.11. The summed E-state index contributed by atoms with van der Waals surface area (Å²) in [4.78, 5) is 4.35. The van der Waals surface area contributed by atoms with Gasteiger partial charge in [0, 0.05) is 12.7 Å². The molecule has 1 saturated heterocycles. The molecule has 2 aliphatic rings. The molecule has 1 fully saturated rings. The number of aromatic nitrogens is 1. The van der Waals surface area contributed by atoms with Crippen LogP contribution in [0, 0.1) is 11.8 Å². The van der Waals surface area contributed by atoms with Crippen LogP contribution < -0.4 is 5.32 Å². The zero-order valence-corrected chi connectivity index (χ0v) is 11.4. The molecule has 1 aromatic rings. The zero-order chi connectivity index (χ0) is 11.7. The zero-order valence-electron chi connectivity index (χ0n) is 9.82. The molecule has 1 aliphatic carbocycles. The van der Waals surface area contributed by atoms with Gasteiger partial charge in [0.15, 0.2) is 0 Å². The average molecular weight is 293 g/mol. The van der Waals surface area contributed by atoms with E-state index in [1.807, 2.05) is 12.3 Å². The van der Waals surface area contributed by atoms with Crippen molar-refractivity contribution in [2.75, 3.05) is 13.1 Å². The van der Waals surface area contributed by atoms with E-state index in [1.54, 1.807) is 0 Å². The second-order valence-electron chi connectivity index (χ2n) is 4.97. The number of nitrogens with zero attached hydrogens (tertiary/aromatic N) is 1. The van der Waals surface area contributed by atoms with E-state index in [1.165, 1.54) is 36.9 Å². The first-order chi connectivity index (χ1) is 8.34. The smallest absolute Gasteiger partial charge is 0.106 e. The van der Waals surface area contributed by atoms with Crippen molar-refractivity contribution in [3.63, 3.8) is 0 Å². The lowest BCUT2D eigenvalue weighted by atomic mass is 9.73. The molecule has 2 unspecified atom stereocenters. The number of fused-ring (bicyclic) bond motifs is 1. The Bertz CT molecular complexity index is 424. The van der Waals surface area contributed by atoms with E-state index < -0.39 is 0 Å². The highest BCUT2D eigenvalue weighted by Gasteiger charge is 2.30. The van der Waals surface area contributed by atoms with Crippen LogP contribution in [0.5, 0.6) is 0 Å². The van der Waals surface area contributed by atoms with Gasteiger partial charge in [0.2, 0.25) is 0 Å². The molecule has 0 aromatic carbocycles. The van der Waals surface area contributed by atoms with E-state index in [0.29, 0.717) is 5.92 Å². The summed E-state index contributed by atoms with van der Waals surface area (Å²) < 4.78 is 0.913. The van der Waals surface area contributed by atoms with Crippen molar-refractivity contribution in [3.05, 3.63) is 34.6 Å². The van der Waals surface area contributed by atoms with Gasteiger partial charge in [-0.05, 0) is 70.8 Å². The van der Waals surface area contributed by atoms with E-state index >= 15 is 0 Å². The molecular formula is C14H17BrN2. The van der Waals surface area contributed by atoms with Crippen molar-refractivity contribution in [3.8, 4) is 0 Å². The second-order valence-corrected chi connectivity index (χ2v) is 5.78. The first kappa shape index (κ1) is 11.4. The quantitative estimate of drug-likeness (QED) is 0.804. The highest BCUT2D eigenvalue weighted by atomic mass is 79.9. The lowest BCUT2D eigenvalue weighted by molar-refractivity contribution is 0.285.